The first kappa shape index (κ1) is 17.6. The van der Waals surface area contributed by atoms with Crippen molar-refractivity contribution in [1.82, 2.24) is 15.0 Å². The van der Waals surface area contributed by atoms with Crippen LogP contribution in [0.25, 0.3) is 0 Å². The van der Waals surface area contributed by atoms with Crippen molar-refractivity contribution in [3.05, 3.63) is 59.9 Å². The number of nitrogens with zero attached hydrogens (tertiary/aromatic N) is 1. The number of aryl methyl sites for hydroxylation is 1. The van der Waals surface area contributed by atoms with Crippen LogP contribution in [0.5, 0.6) is 0 Å². The third-order valence-corrected chi connectivity index (χ3v) is 5.43. The Morgan fingerprint density at radius 1 is 1.20 bits per heavy atom. The molecule has 0 bridgehead atoms. The van der Waals surface area contributed by atoms with Crippen molar-refractivity contribution in [2.24, 2.45) is 0 Å². The molecule has 2 aromatic rings. The van der Waals surface area contributed by atoms with Crippen molar-refractivity contribution in [2.45, 2.75) is 36.6 Å². The normalized spacial score (nSPS) is 14.2. The highest BCUT2D eigenvalue weighted by atomic mass is 32.2. The number of rotatable bonds is 8. The summed E-state index contributed by atoms with van der Waals surface area (Å²) in [7, 11) is -3.63. The highest BCUT2D eigenvalue weighted by Crippen LogP contribution is 2.20. The molecule has 0 spiro atoms. The second-order valence-corrected chi connectivity index (χ2v) is 7.91. The zero-order valence-electron chi connectivity index (χ0n) is 13.8. The summed E-state index contributed by atoms with van der Waals surface area (Å²) in [6.07, 6.45) is 6.88. The summed E-state index contributed by atoms with van der Waals surface area (Å²) < 4.78 is 27.4. The number of hydrogen-bond donors (Lipinski definition) is 2. The second-order valence-electron chi connectivity index (χ2n) is 6.14. The van der Waals surface area contributed by atoms with Gasteiger partial charge in [-0.05, 0) is 55.5 Å². The number of carbonyl (C=O) groups is 1. The third kappa shape index (κ3) is 5.11. The zero-order chi connectivity index (χ0) is 17.7. The fourth-order valence-corrected chi connectivity index (χ4v) is 3.55. The lowest BCUT2D eigenvalue weighted by Crippen LogP contribution is -2.27. The summed E-state index contributed by atoms with van der Waals surface area (Å²) >= 11 is 0. The minimum atomic E-state index is -3.63. The highest BCUT2D eigenvalue weighted by molar-refractivity contribution is 7.89. The lowest BCUT2D eigenvalue weighted by molar-refractivity contribution is 0.0951. The van der Waals surface area contributed by atoms with Gasteiger partial charge in [-0.3, -0.25) is 9.78 Å². The molecular weight excluding hydrogens is 338 g/mol. The molecule has 6 nitrogen and oxygen atoms in total. The average Bonchev–Trinajstić information content (AvgIpc) is 3.44. The summed E-state index contributed by atoms with van der Waals surface area (Å²) in [6, 6.07) is 10.2. The number of carbonyl (C=O) groups excluding carboxylic acids is 1. The molecule has 1 fully saturated rings. The predicted molar refractivity (Wildman–Crippen MR) is 94.7 cm³/mol. The van der Waals surface area contributed by atoms with E-state index in [1.165, 1.54) is 12.1 Å². The molecule has 3 rings (SSSR count). The van der Waals surface area contributed by atoms with Crippen molar-refractivity contribution in [1.29, 1.82) is 0 Å². The van der Waals surface area contributed by atoms with Crippen molar-refractivity contribution >= 4 is 15.9 Å². The van der Waals surface area contributed by atoms with Gasteiger partial charge in [0.15, 0.2) is 0 Å². The van der Waals surface area contributed by atoms with Crippen LogP contribution in [0.3, 0.4) is 0 Å². The lowest BCUT2D eigenvalue weighted by atomic mass is 10.2. The van der Waals surface area contributed by atoms with Gasteiger partial charge < -0.3 is 5.32 Å². The van der Waals surface area contributed by atoms with Gasteiger partial charge in [0, 0.05) is 30.5 Å². The van der Waals surface area contributed by atoms with Gasteiger partial charge in [-0.25, -0.2) is 13.1 Å². The van der Waals surface area contributed by atoms with E-state index in [0.717, 1.165) is 24.8 Å². The predicted octanol–water partition coefficient (Wildman–Crippen LogP) is 1.88. The lowest BCUT2D eigenvalue weighted by Gasteiger charge is -2.09. The molecule has 7 heteroatoms. The van der Waals surface area contributed by atoms with Crippen LogP contribution in [0, 0.1) is 0 Å². The molecular formula is C18H21N3O3S. The highest BCUT2D eigenvalue weighted by Gasteiger charge is 2.24. The summed E-state index contributed by atoms with van der Waals surface area (Å²) in [5.74, 6) is -0.226. The van der Waals surface area contributed by atoms with E-state index in [4.69, 9.17) is 0 Å². The summed E-state index contributed by atoms with van der Waals surface area (Å²) in [5.41, 5.74) is 1.44. The van der Waals surface area contributed by atoms with E-state index in [1.54, 1.807) is 24.5 Å². The van der Waals surface area contributed by atoms with Gasteiger partial charge in [0.2, 0.25) is 10.0 Å². The van der Waals surface area contributed by atoms with E-state index < -0.39 is 10.0 Å². The maximum Gasteiger partial charge on any atom is 0.251 e. The number of nitrogens with one attached hydrogen (secondary N) is 2. The third-order valence-electron chi connectivity index (χ3n) is 3.98. The van der Waals surface area contributed by atoms with Gasteiger partial charge in [-0.2, -0.15) is 0 Å². The van der Waals surface area contributed by atoms with Crippen molar-refractivity contribution in [3.63, 3.8) is 0 Å². The minimum absolute atomic E-state index is 0.109. The van der Waals surface area contributed by atoms with Crippen molar-refractivity contribution in [3.8, 4) is 0 Å². The van der Waals surface area contributed by atoms with Gasteiger partial charge >= 0.3 is 0 Å². The molecule has 0 aliphatic heterocycles. The largest absolute Gasteiger partial charge is 0.349 e. The van der Waals surface area contributed by atoms with Crippen LogP contribution in [0.4, 0.5) is 0 Å². The Morgan fingerprint density at radius 3 is 2.76 bits per heavy atom. The topological polar surface area (TPSA) is 88.2 Å². The Hall–Kier alpha value is -2.25. The van der Waals surface area contributed by atoms with E-state index in [1.807, 2.05) is 12.1 Å². The van der Waals surface area contributed by atoms with E-state index in [9.17, 15) is 13.2 Å². The molecule has 0 saturated heterocycles. The van der Waals surface area contributed by atoms with Crippen molar-refractivity contribution < 1.29 is 13.2 Å². The first-order chi connectivity index (χ1) is 12.0. The van der Waals surface area contributed by atoms with Crippen LogP contribution in [-0.2, 0) is 16.4 Å². The van der Waals surface area contributed by atoms with Crippen molar-refractivity contribution in [2.75, 3.05) is 6.54 Å². The maximum absolute atomic E-state index is 12.4. The molecule has 1 aromatic heterocycles. The van der Waals surface area contributed by atoms with Gasteiger partial charge in [-0.15, -0.1) is 0 Å². The average molecular weight is 359 g/mol. The Morgan fingerprint density at radius 2 is 2.04 bits per heavy atom. The van der Waals surface area contributed by atoms with Crippen LogP contribution in [0.15, 0.2) is 53.7 Å². The molecule has 1 aliphatic rings. The Balaban J connectivity index is 1.56. The van der Waals surface area contributed by atoms with E-state index in [2.05, 4.69) is 15.0 Å². The molecule has 132 valence electrons. The van der Waals surface area contributed by atoms with E-state index in [0.29, 0.717) is 18.5 Å². The molecule has 0 unspecified atom stereocenters. The molecule has 0 radical (unpaired) electrons. The van der Waals surface area contributed by atoms with Crippen LogP contribution in [0.2, 0.25) is 0 Å². The number of amides is 1. The number of benzene rings is 1. The van der Waals surface area contributed by atoms with Gasteiger partial charge in [0.1, 0.15) is 0 Å². The van der Waals surface area contributed by atoms with Gasteiger partial charge in [0.25, 0.3) is 5.91 Å². The summed E-state index contributed by atoms with van der Waals surface area (Å²) in [5, 5.41) is 2.86. The van der Waals surface area contributed by atoms with Gasteiger partial charge in [-0.1, -0.05) is 12.1 Å². The van der Waals surface area contributed by atoms with E-state index >= 15 is 0 Å². The first-order valence-corrected chi connectivity index (χ1v) is 9.82. The quantitative estimate of drug-likeness (QED) is 0.705. The molecule has 1 amide bonds. The summed E-state index contributed by atoms with van der Waals surface area (Å²) in [4.78, 5) is 16.2. The van der Waals surface area contributed by atoms with Crippen LogP contribution in [0.1, 0.15) is 35.2 Å². The molecule has 1 heterocycles. The molecule has 0 atom stereocenters. The zero-order valence-corrected chi connectivity index (χ0v) is 14.6. The first-order valence-electron chi connectivity index (χ1n) is 8.34. The number of hydrogen-bond acceptors (Lipinski definition) is 4. The number of sulfonamides is 1. The minimum Gasteiger partial charge on any atom is -0.349 e. The molecule has 2 N–H and O–H groups in total. The fraction of sp³-hybridized carbons (Fsp3) is 0.333. The Kier molecular flexibility index (Phi) is 5.45. The number of pyridine rings is 1. The Labute approximate surface area is 147 Å². The molecule has 1 aliphatic carbocycles. The molecule has 1 saturated carbocycles. The van der Waals surface area contributed by atoms with Crippen LogP contribution < -0.4 is 10.0 Å². The second kappa shape index (κ2) is 7.76. The monoisotopic (exact) mass is 359 g/mol. The smallest absolute Gasteiger partial charge is 0.251 e. The molecule has 1 aromatic carbocycles. The standard InChI is InChI=1S/C18H21N3O3S/c22-18(21-16-8-9-16)15-6-1-7-17(12-15)25(23,24)20-11-3-5-14-4-2-10-19-13-14/h1-2,4,6-7,10,12-13,16,20H,3,5,8-9,11H2,(H,21,22). The fourth-order valence-electron chi connectivity index (χ4n) is 2.43. The van der Waals surface area contributed by atoms with E-state index in [-0.39, 0.29) is 16.8 Å². The summed E-state index contributed by atoms with van der Waals surface area (Å²) in [6.45, 7) is 0.329. The molecule has 25 heavy (non-hydrogen) atoms. The number of aromatic nitrogens is 1. The SMILES string of the molecule is O=C(NC1CC1)c1cccc(S(=O)(=O)NCCCc2cccnc2)c1. The van der Waals surface area contributed by atoms with Crippen LogP contribution in [-0.4, -0.2) is 31.9 Å². The van der Waals surface area contributed by atoms with Crippen LogP contribution >= 0.6 is 0 Å². The Bertz CT molecular complexity index is 834. The maximum atomic E-state index is 12.4. The van der Waals surface area contributed by atoms with Gasteiger partial charge in [0.05, 0.1) is 4.90 Å².